The molecule has 0 aromatic carbocycles. The number of H-pyrrole nitrogens is 1. The zero-order valence-electron chi connectivity index (χ0n) is 5.96. The molecule has 0 aliphatic heterocycles. The van der Waals surface area contributed by atoms with Gasteiger partial charge in [-0.15, -0.1) is 0 Å². The van der Waals surface area contributed by atoms with Crippen LogP contribution in [-0.4, -0.2) is 24.6 Å². The molecule has 1 rings (SSSR count). The van der Waals surface area contributed by atoms with Gasteiger partial charge in [0.1, 0.15) is 0 Å². The maximum atomic E-state index is 4.89. The van der Waals surface area contributed by atoms with Gasteiger partial charge < -0.3 is 0 Å². The lowest BCUT2D eigenvalue weighted by Gasteiger charge is -1.97. The summed E-state index contributed by atoms with van der Waals surface area (Å²) in [6.07, 6.45) is 2.34. The van der Waals surface area contributed by atoms with Crippen molar-refractivity contribution >= 4 is 34.8 Å². The van der Waals surface area contributed by atoms with E-state index in [1.54, 1.807) is 4.68 Å². The molecule has 0 amide bonds. The van der Waals surface area contributed by atoms with E-state index in [0.717, 1.165) is 13.0 Å². The van der Waals surface area contributed by atoms with E-state index in [0.29, 0.717) is 4.77 Å². The van der Waals surface area contributed by atoms with E-state index in [-0.39, 0.29) is 0 Å². The van der Waals surface area contributed by atoms with Gasteiger partial charge in [0.05, 0.1) is 0 Å². The number of rotatable bonds is 4. The van der Waals surface area contributed by atoms with E-state index in [1.165, 1.54) is 10.8 Å². The van der Waals surface area contributed by atoms with Crippen molar-refractivity contribution in [3.05, 3.63) is 4.77 Å². The van der Waals surface area contributed by atoms with Gasteiger partial charge in [-0.1, -0.05) is 32.9 Å². The summed E-state index contributed by atoms with van der Waals surface area (Å²) in [5, 5.41) is 9.96. The quantitative estimate of drug-likeness (QED) is 0.395. The highest BCUT2D eigenvalue weighted by molar-refractivity contribution is 14.1. The topological polar surface area (TPSA) is 46.5 Å². The molecular formula is C5H9IN4S. The maximum absolute atomic E-state index is 4.89. The van der Waals surface area contributed by atoms with Crippen molar-refractivity contribution in [2.45, 2.75) is 19.4 Å². The van der Waals surface area contributed by atoms with Crippen LogP contribution in [0.4, 0.5) is 0 Å². The third-order valence-corrected chi connectivity index (χ3v) is 2.36. The molecule has 0 fully saturated rings. The molecule has 1 aromatic heterocycles. The third-order valence-electron chi connectivity index (χ3n) is 1.30. The second-order valence-electron chi connectivity index (χ2n) is 2.13. The van der Waals surface area contributed by atoms with E-state index in [4.69, 9.17) is 12.2 Å². The van der Waals surface area contributed by atoms with Crippen molar-refractivity contribution in [2.75, 3.05) is 4.43 Å². The first-order valence-electron chi connectivity index (χ1n) is 3.38. The summed E-state index contributed by atoms with van der Waals surface area (Å²) >= 11 is 7.25. The SMILES string of the molecule is S=c1nn[nH]n1CCCCI. The van der Waals surface area contributed by atoms with Crippen molar-refractivity contribution in [3.8, 4) is 0 Å². The Morgan fingerprint density at radius 3 is 2.91 bits per heavy atom. The average molecular weight is 284 g/mol. The average Bonchev–Trinajstić information content (AvgIpc) is 2.37. The minimum Gasteiger partial charge on any atom is -0.242 e. The van der Waals surface area contributed by atoms with Crippen LogP contribution in [-0.2, 0) is 6.54 Å². The van der Waals surface area contributed by atoms with E-state index >= 15 is 0 Å². The molecule has 0 spiro atoms. The Balaban J connectivity index is 2.39. The highest BCUT2D eigenvalue weighted by Gasteiger charge is 1.93. The molecule has 6 heteroatoms. The van der Waals surface area contributed by atoms with Gasteiger partial charge >= 0.3 is 0 Å². The van der Waals surface area contributed by atoms with Gasteiger partial charge in [-0.25, -0.2) is 4.68 Å². The number of aromatic nitrogens is 4. The highest BCUT2D eigenvalue weighted by Crippen LogP contribution is 1.96. The van der Waals surface area contributed by atoms with Crippen LogP contribution < -0.4 is 0 Å². The third kappa shape index (κ3) is 2.86. The normalized spacial score (nSPS) is 10.3. The van der Waals surface area contributed by atoms with Crippen molar-refractivity contribution in [1.29, 1.82) is 0 Å². The fraction of sp³-hybridized carbons (Fsp3) is 0.800. The number of hydrogen-bond donors (Lipinski definition) is 1. The first-order valence-corrected chi connectivity index (χ1v) is 5.32. The Hall–Kier alpha value is 0.0200. The summed E-state index contributed by atoms with van der Waals surface area (Å²) in [6, 6.07) is 0. The Morgan fingerprint density at radius 2 is 2.36 bits per heavy atom. The van der Waals surface area contributed by atoms with Gasteiger partial charge in [-0.3, -0.25) is 0 Å². The van der Waals surface area contributed by atoms with Gasteiger partial charge in [-0.05, 0) is 29.5 Å². The number of unbranched alkanes of at least 4 members (excludes halogenated alkanes) is 1. The molecule has 0 aliphatic rings. The van der Waals surface area contributed by atoms with Crippen LogP contribution in [0.2, 0.25) is 0 Å². The number of tetrazole rings is 1. The number of nitrogens with zero attached hydrogens (tertiary/aromatic N) is 3. The standard InChI is InChI=1S/C5H9IN4S/c6-3-1-2-4-10-5(11)7-8-9-10/h1-4H2,(H,7,9,11). The molecule has 0 saturated heterocycles. The lowest BCUT2D eigenvalue weighted by molar-refractivity contribution is 0.551. The fourth-order valence-corrected chi connectivity index (χ4v) is 1.44. The minimum absolute atomic E-state index is 0.540. The number of halogens is 1. The van der Waals surface area contributed by atoms with Crippen LogP contribution in [0, 0.1) is 4.77 Å². The fourth-order valence-electron chi connectivity index (χ4n) is 0.726. The largest absolute Gasteiger partial charge is 0.242 e. The number of aryl methyl sites for hydroxylation is 1. The monoisotopic (exact) mass is 284 g/mol. The van der Waals surface area contributed by atoms with Crippen LogP contribution in [0.1, 0.15) is 12.8 Å². The molecule has 11 heavy (non-hydrogen) atoms. The van der Waals surface area contributed by atoms with E-state index < -0.39 is 0 Å². The van der Waals surface area contributed by atoms with E-state index in [9.17, 15) is 0 Å². The molecule has 1 N–H and O–H groups in total. The van der Waals surface area contributed by atoms with Gasteiger partial charge in [0.25, 0.3) is 0 Å². The Labute approximate surface area is 83.5 Å². The molecule has 0 radical (unpaired) electrons. The zero-order valence-corrected chi connectivity index (χ0v) is 8.93. The van der Waals surface area contributed by atoms with Crippen LogP contribution >= 0.6 is 34.8 Å². The smallest absolute Gasteiger partial charge is 0.238 e. The van der Waals surface area contributed by atoms with Crippen LogP contribution in [0.25, 0.3) is 0 Å². The summed E-state index contributed by atoms with van der Waals surface area (Å²) in [4.78, 5) is 0. The summed E-state index contributed by atoms with van der Waals surface area (Å²) in [6.45, 7) is 0.898. The molecular weight excluding hydrogens is 275 g/mol. The van der Waals surface area contributed by atoms with Gasteiger partial charge in [0, 0.05) is 6.54 Å². The summed E-state index contributed by atoms with van der Waals surface area (Å²) < 4.78 is 3.51. The van der Waals surface area contributed by atoms with Gasteiger partial charge in [0.2, 0.25) is 4.77 Å². The van der Waals surface area contributed by atoms with Crippen molar-refractivity contribution in [2.24, 2.45) is 0 Å². The predicted octanol–water partition coefficient (Wildman–Crippen LogP) is 1.55. The molecule has 4 nitrogen and oxygen atoms in total. The lowest BCUT2D eigenvalue weighted by Crippen LogP contribution is -2.00. The van der Waals surface area contributed by atoms with Crippen molar-refractivity contribution < 1.29 is 0 Å². The number of aromatic amines is 1. The molecule has 0 saturated carbocycles. The van der Waals surface area contributed by atoms with E-state index in [1.807, 2.05) is 0 Å². The van der Waals surface area contributed by atoms with Gasteiger partial charge in [0.15, 0.2) is 0 Å². The lowest BCUT2D eigenvalue weighted by atomic mass is 10.3. The Morgan fingerprint density at radius 1 is 1.55 bits per heavy atom. The summed E-state index contributed by atoms with van der Waals surface area (Å²) in [5.74, 6) is 0. The number of hydrogen-bond acceptors (Lipinski definition) is 3. The molecule has 1 heterocycles. The van der Waals surface area contributed by atoms with E-state index in [2.05, 4.69) is 38.1 Å². The Kier molecular flexibility index (Phi) is 3.98. The van der Waals surface area contributed by atoms with Crippen LogP contribution in [0.3, 0.4) is 0 Å². The molecule has 1 aromatic rings. The molecule has 62 valence electrons. The first-order chi connectivity index (χ1) is 5.34. The maximum Gasteiger partial charge on any atom is 0.238 e. The second kappa shape index (κ2) is 4.81. The van der Waals surface area contributed by atoms with Crippen LogP contribution in [0.5, 0.6) is 0 Å². The number of nitrogens with one attached hydrogen (secondary N) is 1. The first kappa shape index (κ1) is 9.11. The van der Waals surface area contributed by atoms with Gasteiger partial charge in [-0.2, -0.15) is 5.21 Å². The second-order valence-corrected chi connectivity index (χ2v) is 3.57. The zero-order chi connectivity index (χ0) is 8.10. The summed E-state index contributed by atoms with van der Waals surface area (Å²) in [7, 11) is 0. The molecule has 0 unspecified atom stereocenters. The van der Waals surface area contributed by atoms with Crippen LogP contribution in [0.15, 0.2) is 0 Å². The molecule has 0 atom stereocenters. The Bertz CT molecular complexity index is 255. The number of alkyl halides is 1. The van der Waals surface area contributed by atoms with Crippen molar-refractivity contribution in [3.63, 3.8) is 0 Å². The molecule has 0 bridgehead atoms. The minimum atomic E-state index is 0.540. The summed E-state index contributed by atoms with van der Waals surface area (Å²) in [5.41, 5.74) is 0. The van der Waals surface area contributed by atoms with Crippen molar-refractivity contribution in [1.82, 2.24) is 20.2 Å². The predicted molar refractivity (Wildman–Crippen MR) is 53.3 cm³/mol. The molecule has 0 aliphatic carbocycles. The highest BCUT2D eigenvalue weighted by atomic mass is 127.